The van der Waals surface area contributed by atoms with Crippen molar-refractivity contribution in [3.8, 4) is 0 Å². The average Bonchev–Trinajstić information content (AvgIpc) is 3.06. The van der Waals surface area contributed by atoms with Crippen molar-refractivity contribution in [3.63, 3.8) is 0 Å². The Bertz CT molecular complexity index is 1010. The summed E-state index contributed by atoms with van der Waals surface area (Å²) in [7, 11) is 0. The molecule has 0 aliphatic heterocycles. The predicted molar refractivity (Wildman–Crippen MR) is 104 cm³/mol. The van der Waals surface area contributed by atoms with Gasteiger partial charge in [-0.3, -0.25) is 9.78 Å². The molecule has 128 valence electrons. The predicted octanol–water partition coefficient (Wildman–Crippen LogP) is 4.52. The number of fused-ring (bicyclic) bond motifs is 1. The number of thiazole rings is 1. The standard InChI is InChI=1S/C21H17N3OS/c1-14-23-18-10-9-16(12-19(18)26-14)21(25)24-20(15-6-3-2-4-7-15)17-8-5-11-22-13-17/h2-13,20H,1H3,(H,24,25)/t20-/m0/s1. The third-order valence-corrected chi connectivity index (χ3v) is 5.12. The highest BCUT2D eigenvalue weighted by atomic mass is 32.1. The Morgan fingerprint density at radius 2 is 1.85 bits per heavy atom. The summed E-state index contributed by atoms with van der Waals surface area (Å²) >= 11 is 1.59. The minimum Gasteiger partial charge on any atom is -0.341 e. The van der Waals surface area contributed by atoms with Crippen molar-refractivity contribution in [2.24, 2.45) is 0 Å². The smallest absolute Gasteiger partial charge is 0.252 e. The van der Waals surface area contributed by atoms with Gasteiger partial charge in [-0.05, 0) is 42.3 Å². The Kier molecular flexibility index (Phi) is 4.46. The Balaban J connectivity index is 1.67. The van der Waals surface area contributed by atoms with Crippen LogP contribution in [0.5, 0.6) is 0 Å². The SMILES string of the molecule is Cc1nc2ccc(C(=O)N[C@@H](c3ccccc3)c3cccnc3)cc2s1. The Morgan fingerprint density at radius 3 is 2.62 bits per heavy atom. The highest BCUT2D eigenvalue weighted by Gasteiger charge is 2.18. The summed E-state index contributed by atoms with van der Waals surface area (Å²) in [5.74, 6) is -0.115. The van der Waals surface area contributed by atoms with Crippen LogP contribution in [-0.2, 0) is 0 Å². The van der Waals surface area contributed by atoms with Gasteiger partial charge in [-0.1, -0.05) is 36.4 Å². The van der Waals surface area contributed by atoms with E-state index in [9.17, 15) is 4.79 Å². The number of rotatable bonds is 4. The number of nitrogens with zero attached hydrogens (tertiary/aromatic N) is 2. The number of aromatic nitrogens is 2. The third-order valence-electron chi connectivity index (χ3n) is 4.18. The summed E-state index contributed by atoms with van der Waals surface area (Å²) in [5, 5.41) is 4.14. The number of benzene rings is 2. The van der Waals surface area contributed by atoms with E-state index in [2.05, 4.69) is 15.3 Å². The fourth-order valence-electron chi connectivity index (χ4n) is 2.95. The van der Waals surface area contributed by atoms with Crippen LogP contribution in [0.4, 0.5) is 0 Å². The summed E-state index contributed by atoms with van der Waals surface area (Å²) in [4.78, 5) is 21.6. The molecule has 0 radical (unpaired) electrons. The van der Waals surface area contributed by atoms with Gasteiger partial charge in [0, 0.05) is 18.0 Å². The van der Waals surface area contributed by atoms with Gasteiger partial charge >= 0.3 is 0 Å². The van der Waals surface area contributed by atoms with Crippen LogP contribution in [0.25, 0.3) is 10.2 Å². The maximum Gasteiger partial charge on any atom is 0.252 e. The van der Waals surface area contributed by atoms with E-state index in [1.807, 2.05) is 67.6 Å². The second-order valence-corrected chi connectivity index (χ2v) is 7.25. The second kappa shape index (κ2) is 7.06. The molecule has 5 heteroatoms. The molecule has 0 fully saturated rings. The number of amides is 1. The fraction of sp³-hybridized carbons (Fsp3) is 0.0952. The number of carbonyl (C=O) groups excluding carboxylic acids is 1. The number of nitrogens with one attached hydrogen (secondary N) is 1. The molecular formula is C21H17N3OS. The molecule has 0 bridgehead atoms. The lowest BCUT2D eigenvalue weighted by molar-refractivity contribution is 0.0943. The van der Waals surface area contributed by atoms with Gasteiger partial charge in [-0.15, -0.1) is 11.3 Å². The zero-order valence-electron chi connectivity index (χ0n) is 14.2. The van der Waals surface area contributed by atoms with E-state index in [0.29, 0.717) is 5.56 Å². The third kappa shape index (κ3) is 3.34. The highest BCUT2D eigenvalue weighted by Crippen LogP contribution is 2.25. The van der Waals surface area contributed by atoms with E-state index in [1.165, 1.54) is 0 Å². The summed E-state index contributed by atoms with van der Waals surface area (Å²) in [6.07, 6.45) is 3.52. The minimum absolute atomic E-state index is 0.115. The number of pyridine rings is 1. The fourth-order valence-corrected chi connectivity index (χ4v) is 3.81. The summed E-state index contributed by atoms with van der Waals surface area (Å²) < 4.78 is 1.02. The van der Waals surface area contributed by atoms with Crippen molar-refractivity contribution in [2.45, 2.75) is 13.0 Å². The minimum atomic E-state index is -0.253. The van der Waals surface area contributed by atoms with Crippen LogP contribution in [0.15, 0.2) is 73.1 Å². The molecule has 1 atom stereocenters. The first kappa shape index (κ1) is 16.4. The van der Waals surface area contributed by atoms with Crippen LogP contribution in [0.1, 0.15) is 32.5 Å². The molecule has 2 aromatic heterocycles. The van der Waals surface area contributed by atoms with Crippen LogP contribution in [0.2, 0.25) is 0 Å². The number of hydrogen-bond donors (Lipinski definition) is 1. The Labute approximate surface area is 155 Å². The lowest BCUT2D eigenvalue weighted by atomic mass is 9.99. The van der Waals surface area contributed by atoms with E-state index in [4.69, 9.17) is 0 Å². The lowest BCUT2D eigenvalue weighted by Gasteiger charge is -2.19. The van der Waals surface area contributed by atoms with Gasteiger partial charge in [0.2, 0.25) is 0 Å². The molecule has 1 N–H and O–H groups in total. The van der Waals surface area contributed by atoms with E-state index in [-0.39, 0.29) is 11.9 Å². The Hall–Kier alpha value is -3.05. The molecule has 0 saturated carbocycles. The van der Waals surface area contributed by atoms with E-state index < -0.39 is 0 Å². The Morgan fingerprint density at radius 1 is 1.04 bits per heavy atom. The average molecular weight is 359 g/mol. The van der Waals surface area contributed by atoms with Crippen molar-refractivity contribution in [3.05, 3.63) is 94.8 Å². The first-order valence-corrected chi connectivity index (χ1v) is 9.15. The molecule has 0 aliphatic rings. The van der Waals surface area contributed by atoms with Crippen molar-refractivity contribution < 1.29 is 4.79 Å². The van der Waals surface area contributed by atoms with E-state index in [1.54, 1.807) is 23.7 Å². The quantitative estimate of drug-likeness (QED) is 0.583. The molecule has 4 rings (SSSR count). The molecule has 0 saturated heterocycles. The zero-order chi connectivity index (χ0) is 17.9. The van der Waals surface area contributed by atoms with Crippen molar-refractivity contribution >= 4 is 27.5 Å². The van der Waals surface area contributed by atoms with E-state index in [0.717, 1.165) is 26.4 Å². The molecule has 0 aliphatic carbocycles. The maximum absolute atomic E-state index is 12.9. The van der Waals surface area contributed by atoms with E-state index >= 15 is 0 Å². The first-order chi connectivity index (χ1) is 12.7. The van der Waals surface area contributed by atoms with Crippen molar-refractivity contribution in [1.29, 1.82) is 0 Å². The molecule has 0 spiro atoms. The summed E-state index contributed by atoms with van der Waals surface area (Å²) in [6, 6.07) is 19.1. The number of aryl methyl sites for hydroxylation is 1. The van der Waals surface area contributed by atoms with Gasteiger partial charge < -0.3 is 5.32 Å². The summed E-state index contributed by atoms with van der Waals surface area (Å²) in [5.41, 5.74) is 3.52. The second-order valence-electron chi connectivity index (χ2n) is 6.02. The van der Waals surface area contributed by atoms with Crippen molar-refractivity contribution in [2.75, 3.05) is 0 Å². The molecule has 0 unspecified atom stereocenters. The molecule has 2 heterocycles. The lowest BCUT2D eigenvalue weighted by Crippen LogP contribution is -2.29. The number of hydrogen-bond acceptors (Lipinski definition) is 4. The van der Waals surface area contributed by atoms with Gasteiger partial charge in [0.1, 0.15) is 0 Å². The molecule has 4 aromatic rings. The van der Waals surface area contributed by atoms with Gasteiger partial charge in [0.05, 0.1) is 21.3 Å². The van der Waals surface area contributed by atoms with Gasteiger partial charge in [0.15, 0.2) is 0 Å². The zero-order valence-corrected chi connectivity index (χ0v) is 15.0. The van der Waals surface area contributed by atoms with Crippen LogP contribution in [0.3, 0.4) is 0 Å². The molecule has 2 aromatic carbocycles. The van der Waals surface area contributed by atoms with Gasteiger partial charge in [-0.25, -0.2) is 4.98 Å². The number of carbonyl (C=O) groups is 1. The van der Waals surface area contributed by atoms with Crippen LogP contribution >= 0.6 is 11.3 Å². The van der Waals surface area contributed by atoms with Crippen LogP contribution in [-0.4, -0.2) is 15.9 Å². The highest BCUT2D eigenvalue weighted by molar-refractivity contribution is 7.18. The van der Waals surface area contributed by atoms with Gasteiger partial charge in [-0.2, -0.15) is 0 Å². The summed E-state index contributed by atoms with van der Waals surface area (Å²) in [6.45, 7) is 1.97. The molecule has 26 heavy (non-hydrogen) atoms. The normalized spacial score (nSPS) is 12.0. The molecule has 1 amide bonds. The van der Waals surface area contributed by atoms with Crippen LogP contribution in [0, 0.1) is 6.92 Å². The largest absolute Gasteiger partial charge is 0.341 e. The van der Waals surface area contributed by atoms with Gasteiger partial charge in [0.25, 0.3) is 5.91 Å². The van der Waals surface area contributed by atoms with Crippen LogP contribution < -0.4 is 5.32 Å². The maximum atomic E-state index is 12.9. The topological polar surface area (TPSA) is 54.9 Å². The monoisotopic (exact) mass is 359 g/mol. The molecular weight excluding hydrogens is 342 g/mol. The molecule has 4 nitrogen and oxygen atoms in total. The van der Waals surface area contributed by atoms with Crippen molar-refractivity contribution in [1.82, 2.24) is 15.3 Å². The first-order valence-electron chi connectivity index (χ1n) is 8.33.